The van der Waals surface area contributed by atoms with E-state index in [9.17, 15) is 12.8 Å². The summed E-state index contributed by atoms with van der Waals surface area (Å²) >= 11 is 0. The predicted molar refractivity (Wildman–Crippen MR) is 83.8 cm³/mol. The van der Waals surface area contributed by atoms with Crippen molar-refractivity contribution in [2.45, 2.75) is 17.9 Å². The van der Waals surface area contributed by atoms with Gasteiger partial charge in [-0.3, -0.25) is 4.98 Å². The van der Waals surface area contributed by atoms with Gasteiger partial charge in [0.05, 0.1) is 0 Å². The van der Waals surface area contributed by atoms with Gasteiger partial charge in [0.15, 0.2) is 0 Å². The number of aromatic nitrogens is 2. The fourth-order valence-corrected chi connectivity index (χ4v) is 4.39. The Morgan fingerprint density at radius 2 is 2.13 bits per heavy atom. The van der Waals surface area contributed by atoms with Gasteiger partial charge in [0.1, 0.15) is 10.7 Å². The maximum atomic E-state index is 13.5. The van der Waals surface area contributed by atoms with Crippen LogP contribution in [-0.4, -0.2) is 29.2 Å². The molecule has 0 fully saturated rings. The summed E-state index contributed by atoms with van der Waals surface area (Å²) in [7, 11) is -3.60. The first-order chi connectivity index (χ1) is 11.1. The van der Waals surface area contributed by atoms with Crippen molar-refractivity contribution in [2.75, 3.05) is 6.54 Å². The standard InChI is InChI=1S/C16H14FN3O2S/c17-11-3-4-15-13(8-11)14-10-20(7-5-16(14)19-15)23(21,22)12-2-1-6-18-9-12/h1-4,6,8-9,19H,5,7,10H2. The molecule has 1 aliphatic heterocycles. The van der Waals surface area contributed by atoms with E-state index in [0.29, 0.717) is 13.0 Å². The first-order valence-corrected chi connectivity index (χ1v) is 8.69. The molecule has 0 unspecified atom stereocenters. The maximum absolute atomic E-state index is 13.5. The monoisotopic (exact) mass is 331 g/mol. The molecule has 7 heteroatoms. The molecule has 0 saturated heterocycles. The van der Waals surface area contributed by atoms with Crippen LogP contribution in [0.25, 0.3) is 10.9 Å². The Morgan fingerprint density at radius 1 is 1.26 bits per heavy atom. The predicted octanol–water partition coefficient (Wildman–Crippen LogP) is 2.45. The van der Waals surface area contributed by atoms with Crippen LogP contribution < -0.4 is 0 Å². The van der Waals surface area contributed by atoms with Gasteiger partial charge in [-0.2, -0.15) is 4.31 Å². The second kappa shape index (κ2) is 5.14. The Hall–Kier alpha value is -2.25. The highest BCUT2D eigenvalue weighted by Crippen LogP contribution is 2.30. The van der Waals surface area contributed by atoms with E-state index in [4.69, 9.17) is 0 Å². The molecule has 0 amide bonds. The zero-order chi connectivity index (χ0) is 16.0. The van der Waals surface area contributed by atoms with Crippen LogP contribution in [-0.2, 0) is 23.0 Å². The Labute approximate surface area is 132 Å². The van der Waals surface area contributed by atoms with Gasteiger partial charge in [-0.05, 0) is 35.9 Å². The van der Waals surface area contributed by atoms with Crippen molar-refractivity contribution in [3.8, 4) is 0 Å². The molecule has 5 nitrogen and oxygen atoms in total. The van der Waals surface area contributed by atoms with Crippen LogP contribution in [0.2, 0.25) is 0 Å². The highest BCUT2D eigenvalue weighted by molar-refractivity contribution is 7.89. The summed E-state index contributed by atoms with van der Waals surface area (Å²) in [6, 6.07) is 7.66. The first-order valence-electron chi connectivity index (χ1n) is 7.25. The number of nitrogens with one attached hydrogen (secondary N) is 1. The summed E-state index contributed by atoms with van der Waals surface area (Å²) in [6.07, 6.45) is 3.46. The van der Waals surface area contributed by atoms with Gasteiger partial charge in [0.25, 0.3) is 0 Å². The maximum Gasteiger partial charge on any atom is 0.244 e. The lowest BCUT2D eigenvalue weighted by Crippen LogP contribution is -2.35. The highest BCUT2D eigenvalue weighted by atomic mass is 32.2. The van der Waals surface area contributed by atoms with Gasteiger partial charge in [-0.15, -0.1) is 0 Å². The summed E-state index contributed by atoms with van der Waals surface area (Å²) in [6.45, 7) is 0.621. The molecule has 1 aliphatic rings. The summed E-state index contributed by atoms with van der Waals surface area (Å²) in [5.41, 5.74) is 2.65. The Morgan fingerprint density at radius 3 is 2.91 bits per heavy atom. The number of sulfonamides is 1. The molecular formula is C16H14FN3O2S. The van der Waals surface area contributed by atoms with Gasteiger partial charge in [0.2, 0.25) is 10.0 Å². The van der Waals surface area contributed by atoms with E-state index in [-0.39, 0.29) is 17.3 Å². The van der Waals surface area contributed by atoms with Crippen LogP contribution in [0.4, 0.5) is 4.39 Å². The number of halogens is 1. The molecule has 2 aromatic heterocycles. The second-order valence-corrected chi connectivity index (χ2v) is 7.49. The first kappa shape index (κ1) is 14.3. The molecule has 0 aliphatic carbocycles. The molecule has 4 rings (SSSR count). The number of hydrogen-bond acceptors (Lipinski definition) is 3. The van der Waals surface area contributed by atoms with Gasteiger partial charge in [-0.25, -0.2) is 12.8 Å². The minimum absolute atomic E-state index is 0.175. The summed E-state index contributed by atoms with van der Waals surface area (Å²) < 4.78 is 40.4. The number of H-pyrrole nitrogens is 1. The molecule has 23 heavy (non-hydrogen) atoms. The molecule has 1 N–H and O–H groups in total. The summed E-state index contributed by atoms with van der Waals surface area (Å²) in [4.78, 5) is 7.31. The zero-order valence-electron chi connectivity index (χ0n) is 12.2. The average Bonchev–Trinajstić information content (AvgIpc) is 2.93. The lowest BCUT2D eigenvalue weighted by Gasteiger charge is -2.26. The van der Waals surface area contributed by atoms with E-state index >= 15 is 0 Å². The molecule has 0 bridgehead atoms. The molecule has 0 atom stereocenters. The normalized spacial score (nSPS) is 15.7. The van der Waals surface area contributed by atoms with Crippen molar-refractivity contribution < 1.29 is 12.8 Å². The summed E-state index contributed by atoms with van der Waals surface area (Å²) in [5, 5.41) is 0.742. The number of hydrogen-bond donors (Lipinski definition) is 1. The van der Waals surface area contributed by atoms with E-state index < -0.39 is 10.0 Å². The summed E-state index contributed by atoms with van der Waals surface area (Å²) in [5.74, 6) is -0.327. The molecule has 1 aromatic carbocycles. The van der Waals surface area contributed by atoms with Crippen LogP contribution in [0, 0.1) is 5.82 Å². The van der Waals surface area contributed by atoms with Crippen LogP contribution >= 0.6 is 0 Å². The minimum Gasteiger partial charge on any atom is -0.358 e. The minimum atomic E-state index is -3.60. The third kappa shape index (κ3) is 2.32. The fraction of sp³-hybridized carbons (Fsp3) is 0.188. The van der Waals surface area contributed by atoms with Gasteiger partial charge in [0, 0.05) is 48.5 Å². The SMILES string of the molecule is O=S(=O)(c1cccnc1)N1CCc2[nH]c3ccc(F)cc3c2C1. The number of nitrogens with zero attached hydrogens (tertiary/aromatic N) is 2. The fourth-order valence-electron chi connectivity index (χ4n) is 3.02. The van der Waals surface area contributed by atoms with E-state index in [2.05, 4.69) is 9.97 Å². The Balaban J connectivity index is 1.77. The number of benzene rings is 1. The topological polar surface area (TPSA) is 66.1 Å². The van der Waals surface area contributed by atoms with Crippen molar-refractivity contribution in [1.82, 2.24) is 14.3 Å². The lowest BCUT2D eigenvalue weighted by atomic mass is 10.1. The van der Waals surface area contributed by atoms with Crippen LogP contribution in [0.3, 0.4) is 0 Å². The quantitative estimate of drug-likeness (QED) is 0.784. The smallest absolute Gasteiger partial charge is 0.244 e. The van der Waals surface area contributed by atoms with Crippen LogP contribution in [0.5, 0.6) is 0 Å². The Kier molecular flexibility index (Phi) is 3.21. The lowest BCUT2D eigenvalue weighted by molar-refractivity contribution is 0.391. The molecular weight excluding hydrogens is 317 g/mol. The van der Waals surface area contributed by atoms with Gasteiger partial charge in [-0.1, -0.05) is 0 Å². The van der Waals surface area contributed by atoms with Crippen molar-refractivity contribution in [3.05, 3.63) is 59.8 Å². The average molecular weight is 331 g/mol. The third-order valence-corrected chi connectivity index (χ3v) is 6.00. The highest BCUT2D eigenvalue weighted by Gasteiger charge is 2.30. The molecule has 0 saturated carbocycles. The molecule has 3 heterocycles. The van der Waals surface area contributed by atoms with E-state index in [1.807, 2.05) is 0 Å². The molecule has 118 valence electrons. The van der Waals surface area contributed by atoms with Crippen molar-refractivity contribution in [2.24, 2.45) is 0 Å². The van der Waals surface area contributed by atoms with E-state index in [1.165, 1.54) is 34.9 Å². The Bertz CT molecular complexity index is 983. The van der Waals surface area contributed by atoms with Gasteiger partial charge >= 0.3 is 0 Å². The van der Waals surface area contributed by atoms with Crippen LogP contribution in [0.15, 0.2) is 47.6 Å². The largest absolute Gasteiger partial charge is 0.358 e. The third-order valence-electron chi connectivity index (χ3n) is 4.17. The molecule has 3 aromatic rings. The van der Waals surface area contributed by atoms with Crippen molar-refractivity contribution >= 4 is 20.9 Å². The molecule has 0 spiro atoms. The number of pyridine rings is 1. The zero-order valence-corrected chi connectivity index (χ0v) is 13.0. The second-order valence-electron chi connectivity index (χ2n) is 5.55. The van der Waals surface area contributed by atoms with Crippen LogP contribution in [0.1, 0.15) is 11.3 Å². The number of aromatic amines is 1. The van der Waals surface area contributed by atoms with E-state index in [0.717, 1.165) is 22.2 Å². The number of fused-ring (bicyclic) bond motifs is 3. The van der Waals surface area contributed by atoms with Crippen molar-refractivity contribution in [3.63, 3.8) is 0 Å². The molecule has 0 radical (unpaired) electrons. The van der Waals surface area contributed by atoms with E-state index in [1.54, 1.807) is 12.1 Å². The van der Waals surface area contributed by atoms with Crippen molar-refractivity contribution in [1.29, 1.82) is 0 Å². The number of rotatable bonds is 2. The van der Waals surface area contributed by atoms with Gasteiger partial charge < -0.3 is 4.98 Å².